The predicted octanol–water partition coefficient (Wildman–Crippen LogP) is 2.50. The van der Waals surface area contributed by atoms with Crippen LogP contribution in [-0.4, -0.2) is 33.7 Å². The van der Waals surface area contributed by atoms with E-state index in [-0.39, 0.29) is 17.6 Å². The number of aryl methyl sites for hydroxylation is 1. The fourth-order valence-corrected chi connectivity index (χ4v) is 5.40. The van der Waals surface area contributed by atoms with Crippen molar-refractivity contribution in [3.8, 4) is 0 Å². The fraction of sp³-hybridized carbons (Fsp3) is 0.333. The topological polar surface area (TPSA) is 57.6 Å². The molecule has 4 heterocycles. The molecular formula is C15H13NO3S2. The van der Waals surface area contributed by atoms with Crippen LogP contribution >= 0.6 is 23.1 Å². The lowest BCUT2D eigenvalue weighted by atomic mass is 9.94. The molecule has 1 aromatic heterocycles. The first-order chi connectivity index (χ1) is 10.1. The number of thioether (sulfide) groups is 1. The number of aliphatic carboxylic acids is 1. The van der Waals surface area contributed by atoms with Crippen molar-refractivity contribution < 1.29 is 14.7 Å². The second-order valence-corrected chi connectivity index (χ2v) is 7.59. The maximum absolute atomic E-state index is 12.2. The summed E-state index contributed by atoms with van der Waals surface area (Å²) in [5.41, 5.74) is 2.26. The second-order valence-electron chi connectivity index (χ2n) is 5.32. The van der Waals surface area contributed by atoms with Crippen molar-refractivity contribution >= 4 is 41.1 Å². The van der Waals surface area contributed by atoms with Crippen LogP contribution in [0.15, 0.2) is 23.4 Å². The van der Waals surface area contributed by atoms with Gasteiger partial charge in [0.05, 0.1) is 6.04 Å². The molecule has 1 amide bonds. The van der Waals surface area contributed by atoms with Gasteiger partial charge in [-0.3, -0.25) is 9.69 Å². The van der Waals surface area contributed by atoms with E-state index in [4.69, 9.17) is 5.11 Å². The van der Waals surface area contributed by atoms with Crippen molar-refractivity contribution in [1.82, 2.24) is 4.90 Å². The van der Waals surface area contributed by atoms with Gasteiger partial charge in [0.15, 0.2) is 0 Å². The number of rotatable bonds is 2. The zero-order chi connectivity index (χ0) is 14.6. The Morgan fingerprint density at radius 1 is 1.48 bits per heavy atom. The Hall–Kier alpha value is -1.53. The number of carboxylic acid groups (broad SMARTS) is 1. The van der Waals surface area contributed by atoms with Crippen LogP contribution in [-0.2, 0) is 21.8 Å². The summed E-state index contributed by atoms with van der Waals surface area (Å²) in [5, 5.41) is 9.06. The lowest BCUT2D eigenvalue weighted by Gasteiger charge is -2.38. The molecule has 1 saturated heterocycles. The molecule has 108 valence electrons. The van der Waals surface area contributed by atoms with E-state index in [0.29, 0.717) is 6.42 Å². The molecule has 1 atom stereocenters. The fourth-order valence-electron chi connectivity index (χ4n) is 3.07. The monoisotopic (exact) mass is 319 g/mol. The van der Waals surface area contributed by atoms with Gasteiger partial charge in [-0.25, -0.2) is 4.79 Å². The molecular weight excluding hydrogens is 306 g/mol. The minimum Gasteiger partial charge on any atom is -0.477 e. The van der Waals surface area contributed by atoms with Crippen LogP contribution in [0.25, 0.3) is 6.08 Å². The molecule has 0 bridgehead atoms. The van der Waals surface area contributed by atoms with E-state index in [2.05, 4.69) is 6.07 Å². The van der Waals surface area contributed by atoms with Gasteiger partial charge in [-0.2, -0.15) is 11.8 Å². The van der Waals surface area contributed by atoms with E-state index < -0.39 is 5.97 Å². The number of hydrogen-bond donors (Lipinski definition) is 1. The number of amides is 1. The molecule has 3 aliphatic rings. The van der Waals surface area contributed by atoms with Gasteiger partial charge in [0.2, 0.25) is 0 Å². The average Bonchev–Trinajstić information content (AvgIpc) is 3.05. The largest absolute Gasteiger partial charge is 0.477 e. The van der Waals surface area contributed by atoms with Crippen molar-refractivity contribution in [1.29, 1.82) is 0 Å². The second kappa shape index (κ2) is 4.74. The summed E-state index contributed by atoms with van der Waals surface area (Å²) < 4.78 is 0. The molecule has 6 heteroatoms. The SMILES string of the molecule is O=C(O)C1=CCC2C(=Cc3cc4c(s3)CCSC4)C(=O)N12. The van der Waals surface area contributed by atoms with E-state index in [1.165, 1.54) is 21.1 Å². The highest BCUT2D eigenvalue weighted by atomic mass is 32.2. The van der Waals surface area contributed by atoms with Gasteiger partial charge < -0.3 is 5.11 Å². The van der Waals surface area contributed by atoms with Crippen molar-refractivity contribution in [2.75, 3.05) is 5.75 Å². The zero-order valence-corrected chi connectivity index (χ0v) is 12.8. The van der Waals surface area contributed by atoms with Gasteiger partial charge in [-0.1, -0.05) is 6.08 Å². The summed E-state index contributed by atoms with van der Waals surface area (Å²) in [6.07, 6.45) is 5.32. The molecule has 0 aliphatic carbocycles. The van der Waals surface area contributed by atoms with Gasteiger partial charge in [0.1, 0.15) is 5.70 Å². The van der Waals surface area contributed by atoms with E-state index in [1.54, 1.807) is 17.4 Å². The average molecular weight is 319 g/mol. The number of β-lactam (4-membered cyclic amide) rings is 1. The van der Waals surface area contributed by atoms with Crippen LogP contribution in [0.4, 0.5) is 0 Å². The van der Waals surface area contributed by atoms with Gasteiger partial charge in [0, 0.05) is 21.1 Å². The number of carbonyl (C=O) groups excluding carboxylic acids is 1. The first kappa shape index (κ1) is 13.2. The van der Waals surface area contributed by atoms with Gasteiger partial charge in [-0.05, 0) is 36.3 Å². The molecule has 21 heavy (non-hydrogen) atoms. The van der Waals surface area contributed by atoms with Gasteiger partial charge in [0.25, 0.3) is 5.91 Å². The lowest BCUT2D eigenvalue weighted by molar-refractivity contribution is -0.142. The lowest BCUT2D eigenvalue weighted by Crippen LogP contribution is -2.52. The van der Waals surface area contributed by atoms with Crippen LogP contribution < -0.4 is 0 Å². The minimum atomic E-state index is -1.02. The van der Waals surface area contributed by atoms with Crippen LogP contribution in [0.3, 0.4) is 0 Å². The van der Waals surface area contributed by atoms with Crippen molar-refractivity contribution in [3.63, 3.8) is 0 Å². The van der Waals surface area contributed by atoms with E-state index >= 15 is 0 Å². The highest BCUT2D eigenvalue weighted by Gasteiger charge is 2.48. The summed E-state index contributed by atoms with van der Waals surface area (Å²) in [5.74, 6) is 1.05. The van der Waals surface area contributed by atoms with Crippen molar-refractivity contribution in [2.45, 2.75) is 24.6 Å². The molecule has 3 aliphatic heterocycles. The quantitative estimate of drug-likeness (QED) is 0.672. The summed E-state index contributed by atoms with van der Waals surface area (Å²) in [7, 11) is 0. The third-order valence-corrected chi connectivity index (χ3v) is 6.29. The highest BCUT2D eigenvalue weighted by molar-refractivity contribution is 7.98. The smallest absolute Gasteiger partial charge is 0.352 e. The molecule has 0 aromatic carbocycles. The summed E-state index contributed by atoms with van der Waals surface area (Å²) in [6, 6.07) is 2.10. The number of fused-ring (bicyclic) bond motifs is 2. The summed E-state index contributed by atoms with van der Waals surface area (Å²) in [6.45, 7) is 0. The van der Waals surface area contributed by atoms with E-state index in [1.807, 2.05) is 17.8 Å². The van der Waals surface area contributed by atoms with Crippen LogP contribution in [0, 0.1) is 0 Å². The van der Waals surface area contributed by atoms with Crippen molar-refractivity contribution in [2.24, 2.45) is 0 Å². The molecule has 4 nitrogen and oxygen atoms in total. The Morgan fingerprint density at radius 2 is 2.33 bits per heavy atom. The van der Waals surface area contributed by atoms with Crippen molar-refractivity contribution in [3.05, 3.63) is 38.7 Å². The zero-order valence-electron chi connectivity index (χ0n) is 11.2. The van der Waals surface area contributed by atoms with E-state index in [9.17, 15) is 9.59 Å². The standard InChI is InChI=1S/C15H13NO3S2/c17-14-10(11-1-2-12(15(18)19)16(11)14)6-9-5-8-7-20-4-3-13(8)21-9/h2,5-6,11H,1,3-4,7H2,(H,18,19). The maximum atomic E-state index is 12.2. The normalized spacial score (nSPS) is 25.4. The Balaban J connectivity index is 1.60. The summed E-state index contributed by atoms with van der Waals surface area (Å²) >= 11 is 3.71. The predicted molar refractivity (Wildman–Crippen MR) is 83.1 cm³/mol. The molecule has 1 fully saturated rings. The molecule has 1 N–H and O–H groups in total. The first-order valence-corrected chi connectivity index (χ1v) is 8.80. The third kappa shape index (κ3) is 1.97. The molecule has 0 radical (unpaired) electrons. The number of nitrogens with zero attached hydrogens (tertiary/aromatic N) is 1. The Labute approximate surface area is 130 Å². The third-order valence-electron chi connectivity index (χ3n) is 4.09. The van der Waals surface area contributed by atoms with Crippen LogP contribution in [0.1, 0.15) is 21.7 Å². The minimum absolute atomic E-state index is 0.0721. The molecule has 4 rings (SSSR count). The number of hydrogen-bond acceptors (Lipinski definition) is 4. The van der Waals surface area contributed by atoms with Crippen LogP contribution in [0.5, 0.6) is 0 Å². The summed E-state index contributed by atoms with van der Waals surface area (Å²) in [4.78, 5) is 27.2. The molecule has 1 unspecified atom stereocenters. The molecule has 0 spiro atoms. The first-order valence-electron chi connectivity index (χ1n) is 6.83. The molecule has 0 saturated carbocycles. The highest BCUT2D eigenvalue weighted by Crippen LogP contribution is 2.40. The Bertz CT molecular complexity index is 693. The number of carboxylic acids is 1. The van der Waals surface area contributed by atoms with Gasteiger partial charge in [-0.15, -0.1) is 11.3 Å². The maximum Gasteiger partial charge on any atom is 0.352 e. The van der Waals surface area contributed by atoms with Crippen LogP contribution in [0.2, 0.25) is 0 Å². The molecule has 1 aromatic rings. The number of thiophene rings is 1. The van der Waals surface area contributed by atoms with E-state index in [0.717, 1.165) is 22.6 Å². The number of carbonyl (C=O) groups is 2. The Morgan fingerprint density at radius 3 is 3.10 bits per heavy atom. The Kier molecular flexibility index (Phi) is 2.97. The van der Waals surface area contributed by atoms with Gasteiger partial charge >= 0.3 is 5.97 Å².